The van der Waals surface area contributed by atoms with E-state index in [0.29, 0.717) is 0 Å². The Morgan fingerprint density at radius 3 is 2.29 bits per heavy atom. The number of carbonyl (C=O) groups is 2. The van der Waals surface area contributed by atoms with Crippen LogP contribution >= 0.6 is 0 Å². The van der Waals surface area contributed by atoms with Crippen molar-refractivity contribution in [3.63, 3.8) is 0 Å². The molecule has 0 saturated heterocycles. The average Bonchev–Trinajstić information content (AvgIpc) is 2.59. The number of Topliss-reactive ketones (excluding diaryl/α,β-unsaturated/α-hetero) is 1. The predicted molar refractivity (Wildman–Crippen MR) is 80.7 cm³/mol. The zero-order chi connectivity index (χ0) is 17.7. The van der Waals surface area contributed by atoms with Crippen molar-refractivity contribution in [1.29, 1.82) is 0 Å². The predicted octanol–water partition coefficient (Wildman–Crippen LogP) is 2.78. The van der Waals surface area contributed by atoms with E-state index in [2.05, 4.69) is 0 Å². The topological polar surface area (TPSA) is 95.7 Å². The lowest BCUT2D eigenvalue weighted by Crippen LogP contribution is -2.14. The van der Waals surface area contributed by atoms with Crippen molar-refractivity contribution >= 4 is 17.4 Å². The summed E-state index contributed by atoms with van der Waals surface area (Å²) in [5, 5.41) is 10.5. The molecule has 0 saturated carbocycles. The minimum Gasteiger partial charge on any atom is -0.494 e. The molecular formula is C16H12FNO6. The molecule has 0 heterocycles. The summed E-state index contributed by atoms with van der Waals surface area (Å²) in [6, 6.07) is 8.37. The molecule has 0 aliphatic rings. The third-order valence-corrected chi connectivity index (χ3v) is 3.12. The molecular weight excluding hydrogens is 321 g/mol. The van der Waals surface area contributed by atoms with Crippen LogP contribution in [-0.2, 0) is 4.74 Å². The first-order chi connectivity index (χ1) is 11.4. The molecule has 0 unspecified atom stereocenters. The molecule has 0 aromatic heterocycles. The first-order valence-corrected chi connectivity index (χ1v) is 6.70. The van der Waals surface area contributed by atoms with Crippen molar-refractivity contribution in [2.24, 2.45) is 0 Å². The Labute approximate surface area is 135 Å². The van der Waals surface area contributed by atoms with Crippen molar-refractivity contribution in [3.05, 3.63) is 69.5 Å². The maximum Gasteiger partial charge on any atom is 0.338 e. The van der Waals surface area contributed by atoms with E-state index in [9.17, 15) is 24.1 Å². The van der Waals surface area contributed by atoms with Gasteiger partial charge in [-0.05, 0) is 30.3 Å². The van der Waals surface area contributed by atoms with Gasteiger partial charge in [0.25, 0.3) is 5.69 Å². The standard InChI is InChI=1S/C16H12FNO6/c1-23-15-7-4-11(8-13(15)17)14(19)9-24-16(20)10-2-5-12(6-3-10)18(21)22/h2-8H,9H2,1H3. The molecule has 124 valence electrons. The number of benzene rings is 2. The number of nitrogens with zero attached hydrogens (tertiary/aromatic N) is 1. The van der Waals surface area contributed by atoms with Gasteiger partial charge in [0.1, 0.15) is 0 Å². The Hall–Kier alpha value is -3.29. The van der Waals surface area contributed by atoms with Gasteiger partial charge in [-0.25, -0.2) is 9.18 Å². The van der Waals surface area contributed by atoms with Crippen LogP contribution < -0.4 is 4.74 Å². The van der Waals surface area contributed by atoms with Gasteiger partial charge in [-0.15, -0.1) is 0 Å². The maximum atomic E-state index is 13.5. The van der Waals surface area contributed by atoms with Gasteiger partial charge < -0.3 is 9.47 Å². The van der Waals surface area contributed by atoms with E-state index in [4.69, 9.17) is 9.47 Å². The van der Waals surface area contributed by atoms with Gasteiger partial charge in [-0.3, -0.25) is 14.9 Å². The number of ketones is 1. The van der Waals surface area contributed by atoms with Gasteiger partial charge in [0.05, 0.1) is 17.6 Å². The molecule has 0 spiro atoms. The van der Waals surface area contributed by atoms with Gasteiger partial charge in [0, 0.05) is 17.7 Å². The van der Waals surface area contributed by atoms with Gasteiger partial charge in [0.2, 0.25) is 0 Å². The van der Waals surface area contributed by atoms with E-state index < -0.39 is 29.1 Å². The normalized spacial score (nSPS) is 10.1. The van der Waals surface area contributed by atoms with Crippen LogP contribution in [0.25, 0.3) is 0 Å². The fourth-order valence-corrected chi connectivity index (χ4v) is 1.86. The number of hydrogen-bond acceptors (Lipinski definition) is 6. The third-order valence-electron chi connectivity index (χ3n) is 3.12. The van der Waals surface area contributed by atoms with Crippen molar-refractivity contribution < 1.29 is 28.4 Å². The van der Waals surface area contributed by atoms with E-state index in [1.54, 1.807) is 0 Å². The Balaban J connectivity index is 1.99. The molecule has 8 heteroatoms. The summed E-state index contributed by atoms with van der Waals surface area (Å²) in [6.45, 7) is -0.582. The second-order valence-electron chi connectivity index (χ2n) is 4.65. The zero-order valence-corrected chi connectivity index (χ0v) is 12.5. The summed E-state index contributed by atoms with van der Waals surface area (Å²) in [7, 11) is 1.30. The number of non-ortho nitro benzene ring substituents is 1. The van der Waals surface area contributed by atoms with E-state index in [1.807, 2.05) is 0 Å². The first-order valence-electron chi connectivity index (χ1n) is 6.70. The van der Waals surface area contributed by atoms with Crippen LogP contribution in [-0.4, -0.2) is 30.4 Å². The Morgan fingerprint density at radius 1 is 1.12 bits per heavy atom. The molecule has 0 radical (unpaired) electrons. The van der Waals surface area contributed by atoms with Crippen LogP contribution in [0.15, 0.2) is 42.5 Å². The molecule has 2 rings (SSSR count). The van der Waals surface area contributed by atoms with Crippen molar-refractivity contribution in [3.8, 4) is 5.75 Å². The van der Waals surface area contributed by atoms with E-state index in [-0.39, 0.29) is 22.6 Å². The van der Waals surface area contributed by atoms with E-state index in [0.717, 1.165) is 18.2 Å². The number of esters is 1. The molecule has 0 atom stereocenters. The average molecular weight is 333 g/mol. The number of nitro groups is 1. The largest absolute Gasteiger partial charge is 0.494 e. The minimum atomic E-state index is -0.813. The van der Waals surface area contributed by atoms with Crippen LogP contribution in [0.4, 0.5) is 10.1 Å². The number of carbonyl (C=O) groups excluding carboxylic acids is 2. The second-order valence-corrected chi connectivity index (χ2v) is 4.65. The highest BCUT2D eigenvalue weighted by molar-refractivity contribution is 5.99. The van der Waals surface area contributed by atoms with E-state index >= 15 is 0 Å². The van der Waals surface area contributed by atoms with Gasteiger partial charge in [-0.2, -0.15) is 0 Å². The molecule has 0 fully saturated rings. The fraction of sp³-hybridized carbons (Fsp3) is 0.125. The molecule has 2 aromatic carbocycles. The number of halogens is 1. The Bertz CT molecular complexity index is 788. The highest BCUT2D eigenvalue weighted by Crippen LogP contribution is 2.18. The van der Waals surface area contributed by atoms with Crippen LogP contribution in [0.5, 0.6) is 5.75 Å². The number of nitro benzene ring substituents is 1. The Morgan fingerprint density at radius 2 is 1.75 bits per heavy atom. The summed E-state index contributed by atoms with van der Waals surface area (Å²) in [5.41, 5.74) is -0.0737. The van der Waals surface area contributed by atoms with Gasteiger partial charge in [-0.1, -0.05) is 0 Å². The summed E-state index contributed by atoms with van der Waals surface area (Å²) >= 11 is 0. The third kappa shape index (κ3) is 3.92. The summed E-state index contributed by atoms with van der Waals surface area (Å²) in [5.74, 6) is -2.11. The molecule has 0 bridgehead atoms. The molecule has 2 aromatic rings. The SMILES string of the molecule is COc1ccc(C(=O)COC(=O)c2ccc([N+](=O)[O-])cc2)cc1F. The van der Waals surface area contributed by atoms with Crippen molar-refractivity contribution in [1.82, 2.24) is 0 Å². The highest BCUT2D eigenvalue weighted by atomic mass is 19.1. The molecule has 24 heavy (non-hydrogen) atoms. The summed E-state index contributed by atoms with van der Waals surface area (Å²) in [4.78, 5) is 33.6. The minimum absolute atomic E-state index is 0.00516. The molecule has 0 aliphatic heterocycles. The van der Waals surface area contributed by atoms with Gasteiger partial charge >= 0.3 is 5.97 Å². The molecule has 0 N–H and O–H groups in total. The van der Waals surface area contributed by atoms with Gasteiger partial charge in [0.15, 0.2) is 24.0 Å². The first kappa shape index (κ1) is 17.1. The maximum absolute atomic E-state index is 13.5. The van der Waals surface area contributed by atoms with Crippen LogP contribution in [0.3, 0.4) is 0 Å². The lowest BCUT2D eigenvalue weighted by molar-refractivity contribution is -0.384. The molecule has 7 nitrogen and oxygen atoms in total. The lowest BCUT2D eigenvalue weighted by Gasteiger charge is -2.06. The van der Waals surface area contributed by atoms with Crippen LogP contribution in [0, 0.1) is 15.9 Å². The second kappa shape index (κ2) is 7.32. The quantitative estimate of drug-likeness (QED) is 0.349. The molecule has 0 amide bonds. The monoisotopic (exact) mass is 333 g/mol. The van der Waals surface area contributed by atoms with Crippen LogP contribution in [0.1, 0.15) is 20.7 Å². The van der Waals surface area contributed by atoms with E-state index in [1.165, 1.54) is 31.4 Å². The fourth-order valence-electron chi connectivity index (χ4n) is 1.86. The number of rotatable bonds is 6. The highest BCUT2D eigenvalue weighted by Gasteiger charge is 2.15. The lowest BCUT2D eigenvalue weighted by atomic mass is 10.1. The number of ether oxygens (including phenoxy) is 2. The van der Waals surface area contributed by atoms with Crippen molar-refractivity contribution in [2.45, 2.75) is 0 Å². The number of hydrogen-bond donors (Lipinski definition) is 0. The van der Waals surface area contributed by atoms with Crippen molar-refractivity contribution in [2.75, 3.05) is 13.7 Å². The smallest absolute Gasteiger partial charge is 0.338 e. The van der Waals surface area contributed by atoms with Crippen LogP contribution in [0.2, 0.25) is 0 Å². The zero-order valence-electron chi connectivity index (χ0n) is 12.5. The molecule has 0 aliphatic carbocycles. The number of methoxy groups -OCH3 is 1. The Kier molecular flexibility index (Phi) is 5.20. The summed E-state index contributed by atoms with van der Waals surface area (Å²) < 4.78 is 23.1. The summed E-state index contributed by atoms with van der Waals surface area (Å²) in [6.07, 6.45) is 0.